The quantitative estimate of drug-likeness (QED) is 0.471. The molecule has 0 aromatic heterocycles. The van der Waals surface area contributed by atoms with Gasteiger partial charge >= 0.3 is 5.97 Å². The summed E-state index contributed by atoms with van der Waals surface area (Å²) < 4.78 is 6.15. The molecular weight excluding hydrogens is 356 g/mol. The highest BCUT2D eigenvalue weighted by molar-refractivity contribution is 5.89. The summed E-state index contributed by atoms with van der Waals surface area (Å²) in [6.45, 7) is 2.26. The normalized spacial score (nSPS) is 21.7. The number of hydrogen-bond donors (Lipinski definition) is 0. The van der Waals surface area contributed by atoms with Crippen LogP contribution in [0.1, 0.15) is 53.6 Å². The van der Waals surface area contributed by atoms with Crippen molar-refractivity contribution in [2.75, 3.05) is 0 Å². The first kappa shape index (κ1) is 19.4. The van der Waals surface area contributed by atoms with Crippen LogP contribution in [0.2, 0.25) is 0 Å². The van der Waals surface area contributed by atoms with E-state index in [9.17, 15) is 4.79 Å². The third kappa shape index (κ3) is 4.59. The smallest absolute Gasteiger partial charge is 0.338 e. The topological polar surface area (TPSA) is 26.3 Å². The zero-order valence-corrected chi connectivity index (χ0v) is 16.9. The van der Waals surface area contributed by atoms with Crippen LogP contribution in [0.5, 0.6) is 0 Å². The van der Waals surface area contributed by atoms with E-state index in [2.05, 4.69) is 67.6 Å². The average Bonchev–Trinajstić information content (AvgIpc) is 2.77. The van der Waals surface area contributed by atoms with Crippen LogP contribution in [0.4, 0.5) is 0 Å². The van der Waals surface area contributed by atoms with Gasteiger partial charge in [-0.3, -0.25) is 0 Å². The van der Waals surface area contributed by atoms with Crippen molar-refractivity contribution in [1.29, 1.82) is 0 Å². The van der Waals surface area contributed by atoms with Crippen LogP contribution in [0.15, 0.2) is 91.0 Å². The summed E-state index contributed by atoms with van der Waals surface area (Å²) >= 11 is 0. The monoisotopic (exact) mass is 384 g/mol. The SMILES string of the molecule is C[C@@H]1CC[C@@H](C(c2ccccc2)c2ccccc2)[C@H](OC(=O)c2ccccc2)C1. The van der Waals surface area contributed by atoms with Crippen molar-refractivity contribution in [3.8, 4) is 0 Å². The van der Waals surface area contributed by atoms with E-state index in [0.717, 1.165) is 12.8 Å². The Bertz CT molecular complexity index is 866. The van der Waals surface area contributed by atoms with Gasteiger partial charge in [0.2, 0.25) is 0 Å². The van der Waals surface area contributed by atoms with Crippen molar-refractivity contribution in [3.63, 3.8) is 0 Å². The van der Waals surface area contributed by atoms with Crippen molar-refractivity contribution in [3.05, 3.63) is 108 Å². The molecule has 2 nitrogen and oxygen atoms in total. The molecule has 4 rings (SSSR count). The fourth-order valence-corrected chi connectivity index (χ4v) is 4.66. The van der Waals surface area contributed by atoms with Crippen LogP contribution in [0.25, 0.3) is 0 Å². The lowest BCUT2D eigenvalue weighted by Crippen LogP contribution is -2.37. The van der Waals surface area contributed by atoms with E-state index < -0.39 is 0 Å². The van der Waals surface area contributed by atoms with E-state index in [4.69, 9.17) is 4.74 Å². The van der Waals surface area contributed by atoms with E-state index >= 15 is 0 Å². The summed E-state index contributed by atoms with van der Waals surface area (Å²) in [4.78, 5) is 12.8. The van der Waals surface area contributed by atoms with Crippen LogP contribution >= 0.6 is 0 Å². The Morgan fingerprint density at radius 2 is 1.31 bits per heavy atom. The highest BCUT2D eigenvalue weighted by atomic mass is 16.5. The highest BCUT2D eigenvalue weighted by Gasteiger charge is 2.38. The van der Waals surface area contributed by atoms with E-state index in [-0.39, 0.29) is 23.9 Å². The van der Waals surface area contributed by atoms with Crippen molar-refractivity contribution >= 4 is 5.97 Å². The van der Waals surface area contributed by atoms with Crippen molar-refractivity contribution < 1.29 is 9.53 Å². The van der Waals surface area contributed by atoms with E-state index in [1.165, 1.54) is 17.5 Å². The summed E-state index contributed by atoms with van der Waals surface area (Å²) in [7, 11) is 0. The van der Waals surface area contributed by atoms with Crippen LogP contribution in [-0.4, -0.2) is 12.1 Å². The highest BCUT2D eigenvalue weighted by Crippen LogP contribution is 2.43. The van der Waals surface area contributed by atoms with Gasteiger partial charge in [0, 0.05) is 11.8 Å². The molecule has 1 fully saturated rings. The number of benzene rings is 3. The molecule has 1 aliphatic carbocycles. The molecule has 0 saturated heterocycles. The molecule has 2 heteroatoms. The fourth-order valence-electron chi connectivity index (χ4n) is 4.66. The van der Waals surface area contributed by atoms with Gasteiger partial charge in [0.25, 0.3) is 0 Å². The van der Waals surface area contributed by atoms with Gasteiger partial charge in [-0.1, -0.05) is 92.2 Å². The third-order valence-electron chi connectivity index (χ3n) is 6.12. The minimum Gasteiger partial charge on any atom is -0.458 e. The number of carbonyl (C=O) groups is 1. The zero-order valence-electron chi connectivity index (χ0n) is 16.9. The molecule has 3 aromatic carbocycles. The predicted molar refractivity (Wildman–Crippen MR) is 117 cm³/mol. The Morgan fingerprint density at radius 1 is 0.793 bits per heavy atom. The number of esters is 1. The second-order valence-electron chi connectivity index (χ2n) is 8.19. The summed E-state index contributed by atoms with van der Waals surface area (Å²) in [6.07, 6.45) is 3.05. The first-order valence-electron chi connectivity index (χ1n) is 10.6. The second-order valence-corrected chi connectivity index (χ2v) is 8.19. The molecule has 0 spiro atoms. The molecule has 3 aromatic rings. The zero-order chi connectivity index (χ0) is 20.1. The molecule has 0 heterocycles. The Hall–Kier alpha value is -2.87. The maximum absolute atomic E-state index is 12.8. The first-order chi connectivity index (χ1) is 14.2. The van der Waals surface area contributed by atoms with Crippen molar-refractivity contribution in [2.45, 2.75) is 38.2 Å². The van der Waals surface area contributed by atoms with Crippen LogP contribution < -0.4 is 0 Å². The lowest BCUT2D eigenvalue weighted by atomic mass is 9.70. The van der Waals surface area contributed by atoms with Gasteiger partial charge in [-0.25, -0.2) is 4.79 Å². The maximum Gasteiger partial charge on any atom is 0.338 e. The maximum atomic E-state index is 12.8. The van der Waals surface area contributed by atoms with Gasteiger partial charge in [-0.05, 0) is 42.0 Å². The molecule has 0 unspecified atom stereocenters. The minimum absolute atomic E-state index is 0.0862. The first-order valence-corrected chi connectivity index (χ1v) is 10.6. The number of rotatable bonds is 5. The summed E-state index contributed by atoms with van der Waals surface area (Å²) in [5, 5.41) is 0. The average molecular weight is 385 g/mol. The summed E-state index contributed by atoms with van der Waals surface area (Å²) in [6, 6.07) is 30.7. The minimum atomic E-state index is -0.213. The molecule has 148 valence electrons. The standard InChI is InChI=1S/C27H28O2/c1-20-17-18-24(25(19-20)29-27(28)23-15-9-4-10-16-23)26(21-11-5-2-6-12-21)22-13-7-3-8-14-22/h2-16,20,24-26H,17-19H2,1H3/t20-,24-,25-/m1/s1. The van der Waals surface area contributed by atoms with Gasteiger partial charge in [0.05, 0.1) is 5.56 Å². The van der Waals surface area contributed by atoms with Gasteiger partial charge in [-0.2, -0.15) is 0 Å². The molecule has 0 radical (unpaired) electrons. The van der Waals surface area contributed by atoms with Crippen LogP contribution in [-0.2, 0) is 4.74 Å². The molecule has 1 saturated carbocycles. The predicted octanol–water partition coefficient (Wildman–Crippen LogP) is 6.48. The molecular formula is C27H28O2. The number of ether oxygens (including phenoxy) is 1. The van der Waals surface area contributed by atoms with Gasteiger partial charge in [0.1, 0.15) is 6.10 Å². The largest absolute Gasteiger partial charge is 0.458 e. The molecule has 0 aliphatic heterocycles. The number of carbonyl (C=O) groups excluding carboxylic acids is 1. The number of hydrogen-bond acceptors (Lipinski definition) is 2. The molecule has 0 bridgehead atoms. The summed E-state index contributed by atoms with van der Waals surface area (Å²) in [5.74, 6) is 0.837. The van der Waals surface area contributed by atoms with E-state index in [1.807, 2.05) is 30.3 Å². The third-order valence-corrected chi connectivity index (χ3v) is 6.12. The lowest BCUT2D eigenvalue weighted by Gasteiger charge is -2.39. The van der Waals surface area contributed by atoms with Crippen molar-refractivity contribution in [2.24, 2.45) is 11.8 Å². The van der Waals surface area contributed by atoms with E-state index in [1.54, 1.807) is 0 Å². The lowest BCUT2D eigenvalue weighted by molar-refractivity contribution is -0.0104. The molecule has 3 atom stereocenters. The molecule has 0 amide bonds. The Kier molecular flexibility index (Phi) is 6.09. The van der Waals surface area contributed by atoms with Gasteiger partial charge in [0.15, 0.2) is 0 Å². The summed E-state index contributed by atoms with van der Waals surface area (Å²) in [5.41, 5.74) is 3.21. The van der Waals surface area contributed by atoms with Crippen molar-refractivity contribution in [1.82, 2.24) is 0 Å². The van der Waals surface area contributed by atoms with Crippen LogP contribution in [0, 0.1) is 11.8 Å². The molecule has 0 N–H and O–H groups in total. The molecule has 29 heavy (non-hydrogen) atoms. The Labute approximate surface area is 173 Å². The van der Waals surface area contributed by atoms with E-state index in [0.29, 0.717) is 11.5 Å². The second kappa shape index (κ2) is 9.09. The Morgan fingerprint density at radius 3 is 1.86 bits per heavy atom. The van der Waals surface area contributed by atoms with Gasteiger partial charge in [-0.15, -0.1) is 0 Å². The fraction of sp³-hybridized carbons (Fsp3) is 0.296. The van der Waals surface area contributed by atoms with Crippen LogP contribution in [0.3, 0.4) is 0 Å². The molecule has 1 aliphatic rings. The van der Waals surface area contributed by atoms with Gasteiger partial charge < -0.3 is 4.74 Å². The Balaban J connectivity index is 1.67.